The number of furan rings is 1. The third-order valence-corrected chi connectivity index (χ3v) is 11.9. The van der Waals surface area contributed by atoms with Crippen molar-refractivity contribution in [3.63, 3.8) is 0 Å². The van der Waals surface area contributed by atoms with Gasteiger partial charge in [-0.1, -0.05) is 146 Å². The Morgan fingerprint density at radius 3 is 1.83 bits per heavy atom. The Morgan fingerprint density at radius 1 is 0.373 bits per heavy atom. The molecule has 0 saturated carbocycles. The van der Waals surface area contributed by atoms with E-state index in [9.17, 15) is 0 Å². The molecular formula is C56H36N2O. The second-order valence-electron chi connectivity index (χ2n) is 15.3. The van der Waals surface area contributed by atoms with Crippen molar-refractivity contribution in [3.05, 3.63) is 218 Å². The summed E-state index contributed by atoms with van der Waals surface area (Å²) in [4.78, 5) is 2.44. The molecule has 3 heteroatoms. The Labute approximate surface area is 341 Å². The highest BCUT2D eigenvalue weighted by Crippen LogP contribution is 2.48. The minimum absolute atomic E-state index is 0.860. The molecule has 0 aliphatic rings. The van der Waals surface area contributed by atoms with E-state index in [0.717, 1.165) is 66.5 Å². The summed E-state index contributed by atoms with van der Waals surface area (Å²) in [6.07, 6.45) is 0. The third kappa shape index (κ3) is 5.29. The van der Waals surface area contributed by atoms with Crippen LogP contribution in [0.2, 0.25) is 0 Å². The van der Waals surface area contributed by atoms with Crippen LogP contribution in [-0.4, -0.2) is 4.57 Å². The Hall–Kier alpha value is -7.88. The van der Waals surface area contributed by atoms with Gasteiger partial charge in [0, 0.05) is 32.9 Å². The summed E-state index contributed by atoms with van der Waals surface area (Å²) < 4.78 is 9.17. The maximum atomic E-state index is 6.78. The van der Waals surface area contributed by atoms with Gasteiger partial charge in [-0.3, -0.25) is 0 Å². The van der Waals surface area contributed by atoms with Crippen LogP contribution in [-0.2, 0) is 0 Å². The van der Waals surface area contributed by atoms with Gasteiger partial charge in [-0.05, 0) is 111 Å². The van der Waals surface area contributed by atoms with Gasteiger partial charge in [-0.25, -0.2) is 0 Å². The number of nitrogens with zero attached hydrogens (tertiary/aromatic N) is 2. The maximum Gasteiger partial charge on any atom is 0.143 e. The summed E-state index contributed by atoms with van der Waals surface area (Å²) in [6.45, 7) is 0. The molecule has 59 heavy (non-hydrogen) atoms. The lowest BCUT2D eigenvalue weighted by Crippen LogP contribution is -2.11. The minimum atomic E-state index is 0.860. The van der Waals surface area contributed by atoms with Gasteiger partial charge in [0.25, 0.3) is 0 Å². The molecule has 0 atom stereocenters. The van der Waals surface area contributed by atoms with E-state index in [4.69, 9.17) is 4.42 Å². The van der Waals surface area contributed by atoms with Gasteiger partial charge in [0.1, 0.15) is 11.2 Å². The molecule has 12 aromatic rings. The van der Waals surface area contributed by atoms with Crippen LogP contribution in [0.1, 0.15) is 0 Å². The highest BCUT2D eigenvalue weighted by atomic mass is 16.3. The topological polar surface area (TPSA) is 21.3 Å². The van der Waals surface area contributed by atoms with E-state index < -0.39 is 0 Å². The molecule has 0 saturated heterocycles. The molecule has 0 fully saturated rings. The molecule has 276 valence electrons. The quantitative estimate of drug-likeness (QED) is 0.169. The zero-order valence-corrected chi connectivity index (χ0v) is 32.1. The molecule has 12 rings (SSSR count). The highest BCUT2D eigenvalue weighted by Gasteiger charge is 2.24. The Bertz CT molecular complexity index is 3540. The van der Waals surface area contributed by atoms with Gasteiger partial charge in [0.05, 0.1) is 27.8 Å². The molecule has 0 aliphatic carbocycles. The summed E-state index contributed by atoms with van der Waals surface area (Å²) in [7, 11) is 0. The fourth-order valence-electron chi connectivity index (χ4n) is 9.31. The number of rotatable bonds is 6. The van der Waals surface area contributed by atoms with Gasteiger partial charge in [-0.15, -0.1) is 0 Å². The van der Waals surface area contributed by atoms with Crippen LogP contribution in [0.3, 0.4) is 0 Å². The van der Waals surface area contributed by atoms with Gasteiger partial charge in [0.2, 0.25) is 0 Å². The van der Waals surface area contributed by atoms with Crippen LogP contribution in [0.5, 0.6) is 0 Å². The van der Waals surface area contributed by atoms with Crippen LogP contribution in [0.15, 0.2) is 223 Å². The number of anilines is 3. The predicted molar refractivity (Wildman–Crippen MR) is 249 cm³/mol. The first-order chi connectivity index (χ1) is 29.3. The second-order valence-corrected chi connectivity index (χ2v) is 15.3. The van der Waals surface area contributed by atoms with E-state index in [1.54, 1.807) is 0 Å². The Kier molecular flexibility index (Phi) is 7.54. The molecule has 0 spiro atoms. The van der Waals surface area contributed by atoms with Crippen molar-refractivity contribution in [2.75, 3.05) is 4.90 Å². The lowest BCUT2D eigenvalue weighted by molar-refractivity contribution is 0.672. The summed E-state index contributed by atoms with van der Waals surface area (Å²) in [5.74, 6) is 0. The zero-order chi connectivity index (χ0) is 38.9. The minimum Gasteiger partial charge on any atom is -0.455 e. The van der Waals surface area contributed by atoms with Crippen molar-refractivity contribution in [3.8, 4) is 27.9 Å². The fraction of sp³-hybridized carbons (Fsp3) is 0. The van der Waals surface area contributed by atoms with Gasteiger partial charge < -0.3 is 13.9 Å². The van der Waals surface area contributed by atoms with Crippen molar-refractivity contribution in [2.24, 2.45) is 0 Å². The number of fused-ring (bicyclic) bond motifs is 9. The number of benzene rings is 10. The predicted octanol–water partition coefficient (Wildman–Crippen LogP) is 15.8. The van der Waals surface area contributed by atoms with Crippen LogP contribution in [0, 0.1) is 0 Å². The maximum absolute atomic E-state index is 6.78. The van der Waals surface area contributed by atoms with E-state index in [0.29, 0.717) is 0 Å². The second kappa shape index (κ2) is 13.4. The molecule has 2 heterocycles. The number of aromatic nitrogens is 1. The largest absolute Gasteiger partial charge is 0.455 e. The average Bonchev–Trinajstić information content (AvgIpc) is 3.87. The lowest BCUT2D eigenvalue weighted by atomic mass is 9.93. The zero-order valence-electron chi connectivity index (χ0n) is 32.1. The summed E-state index contributed by atoms with van der Waals surface area (Å²) in [5, 5.41) is 9.32. The summed E-state index contributed by atoms with van der Waals surface area (Å²) in [5.41, 5.74) is 13.2. The van der Waals surface area contributed by atoms with Crippen molar-refractivity contribution in [1.82, 2.24) is 4.57 Å². The summed E-state index contributed by atoms with van der Waals surface area (Å²) >= 11 is 0. The van der Waals surface area contributed by atoms with Crippen LogP contribution in [0.4, 0.5) is 17.1 Å². The van der Waals surface area contributed by atoms with Crippen LogP contribution < -0.4 is 4.90 Å². The van der Waals surface area contributed by atoms with Gasteiger partial charge in [-0.2, -0.15) is 0 Å². The van der Waals surface area contributed by atoms with E-state index in [1.165, 1.54) is 43.8 Å². The van der Waals surface area contributed by atoms with E-state index in [-0.39, 0.29) is 0 Å². The molecule has 0 aliphatic heterocycles. The number of hydrogen-bond acceptors (Lipinski definition) is 2. The number of hydrogen-bond donors (Lipinski definition) is 0. The van der Waals surface area contributed by atoms with Crippen molar-refractivity contribution in [2.45, 2.75) is 0 Å². The molecule has 0 amide bonds. The van der Waals surface area contributed by atoms with Crippen LogP contribution >= 0.6 is 0 Å². The van der Waals surface area contributed by atoms with E-state index in [1.807, 2.05) is 0 Å². The fourth-order valence-corrected chi connectivity index (χ4v) is 9.31. The molecule has 2 aromatic heterocycles. The Balaban J connectivity index is 1.11. The molecule has 10 aromatic carbocycles. The average molecular weight is 753 g/mol. The van der Waals surface area contributed by atoms with Crippen molar-refractivity contribution >= 4 is 82.4 Å². The lowest BCUT2D eigenvalue weighted by Gasteiger charge is -2.27. The SMILES string of the molecule is c1ccc(-c2cc(-c3ccc(N(c4cccc5oc6c7ccccc7ccc6c45)c4cccc5c4c4ccccc4n5-c4ccccc4)cc3)cc3ccccc23)cc1. The first-order valence-electron chi connectivity index (χ1n) is 20.2. The Morgan fingerprint density at radius 2 is 1.02 bits per heavy atom. The molecule has 0 N–H and O–H groups in total. The summed E-state index contributed by atoms with van der Waals surface area (Å²) in [6, 6.07) is 78.7. The molecular weight excluding hydrogens is 717 g/mol. The first kappa shape index (κ1) is 33.3. The first-order valence-corrected chi connectivity index (χ1v) is 20.2. The molecule has 0 bridgehead atoms. The monoisotopic (exact) mass is 752 g/mol. The van der Waals surface area contributed by atoms with E-state index >= 15 is 0 Å². The van der Waals surface area contributed by atoms with Crippen LogP contribution in [0.25, 0.3) is 93.2 Å². The molecule has 3 nitrogen and oxygen atoms in total. The molecule has 0 radical (unpaired) electrons. The van der Waals surface area contributed by atoms with E-state index in [2.05, 4.69) is 228 Å². The normalized spacial score (nSPS) is 11.7. The molecule has 0 unspecified atom stereocenters. The standard InChI is InChI=1S/C56H36N2O/c1-3-15-38(16-4-1)48-36-41(35-40-18-8-9-21-44(40)48)37-29-32-43(33-30-37)58(52-27-14-28-53-55(52)47-34-31-39-17-7-10-22-45(39)56(47)59-53)51-26-13-25-50-54(51)46-23-11-12-24-49(46)57(50)42-19-5-2-6-20-42/h1-36H. The number of para-hydroxylation sites is 2. The third-order valence-electron chi connectivity index (χ3n) is 11.9. The van der Waals surface area contributed by atoms with Crippen molar-refractivity contribution in [1.29, 1.82) is 0 Å². The smallest absolute Gasteiger partial charge is 0.143 e. The van der Waals surface area contributed by atoms with Crippen molar-refractivity contribution < 1.29 is 4.42 Å². The van der Waals surface area contributed by atoms with Gasteiger partial charge in [0.15, 0.2) is 0 Å². The highest BCUT2D eigenvalue weighted by molar-refractivity contribution is 6.22. The van der Waals surface area contributed by atoms with Gasteiger partial charge >= 0.3 is 0 Å².